The van der Waals surface area contributed by atoms with Crippen molar-refractivity contribution in [1.82, 2.24) is 9.88 Å². The fourth-order valence-corrected chi connectivity index (χ4v) is 2.54. The number of carboxylic acid groups (broad SMARTS) is 1. The van der Waals surface area contributed by atoms with Gasteiger partial charge in [-0.05, 0) is 38.8 Å². The zero-order chi connectivity index (χ0) is 15.6. The Labute approximate surface area is 123 Å². The molecule has 0 spiro atoms. The molecule has 1 N–H and O–H groups in total. The summed E-state index contributed by atoms with van der Waals surface area (Å²) in [6.45, 7) is 5.73. The fraction of sp³-hybridized carbons (Fsp3) is 0.533. The Morgan fingerprint density at radius 1 is 1.43 bits per heavy atom. The van der Waals surface area contributed by atoms with Crippen molar-refractivity contribution in [1.29, 1.82) is 0 Å². The molecule has 1 aliphatic heterocycles. The smallest absolute Gasteiger partial charge is 0.410 e. The first kappa shape index (κ1) is 15.3. The summed E-state index contributed by atoms with van der Waals surface area (Å²) in [4.78, 5) is 29.2. The van der Waals surface area contributed by atoms with Crippen LogP contribution in [0.5, 0.6) is 0 Å². The van der Waals surface area contributed by atoms with Crippen LogP contribution in [0, 0.1) is 5.92 Å². The van der Waals surface area contributed by atoms with E-state index in [1.165, 1.54) is 4.90 Å². The highest BCUT2D eigenvalue weighted by Crippen LogP contribution is 2.38. The molecule has 0 aromatic carbocycles. The monoisotopic (exact) mass is 292 g/mol. The third-order valence-electron chi connectivity index (χ3n) is 3.37. The van der Waals surface area contributed by atoms with Crippen LogP contribution in [0.4, 0.5) is 4.79 Å². The summed E-state index contributed by atoms with van der Waals surface area (Å²) in [6.07, 6.45) is 3.14. The van der Waals surface area contributed by atoms with Gasteiger partial charge in [0.15, 0.2) is 0 Å². The Kier molecular flexibility index (Phi) is 4.16. The van der Waals surface area contributed by atoms with Gasteiger partial charge in [-0.1, -0.05) is 6.07 Å². The maximum Gasteiger partial charge on any atom is 0.410 e. The summed E-state index contributed by atoms with van der Waals surface area (Å²) < 4.78 is 5.38. The van der Waals surface area contributed by atoms with Crippen molar-refractivity contribution in [2.75, 3.05) is 6.54 Å². The van der Waals surface area contributed by atoms with Gasteiger partial charge >= 0.3 is 12.1 Å². The van der Waals surface area contributed by atoms with Crippen molar-refractivity contribution in [3.8, 4) is 0 Å². The molecular weight excluding hydrogens is 272 g/mol. The van der Waals surface area contributed by atoms with E-state index in [9.17, 15) is 14.7 Å². The van der Waals surface area contributed by atoms with Gasteiger partial charge in [0.2, 0.25) is 0 Å². The number of carboxylic acids is 1. The van der Waals surface area contributed by atoms with Crippen molar-refractivity contribution in [3.05, 3.63) is 30.1 Å². The van der Waals surface area contributed by atoms with E-state index in [1.807, 2.05) is 0 Å². The molecular formula is C15H20N2O4. The molecule has 1 aromatic rings. The van der Waals surface area contributed by atoms with E-state index in [2.05, 4.69) is 4.98 Å². The minimum absolute atomic E-state index is 0.367. The van der Waals surface area contributed by atoms with Crippen molar-refractivity contribution < 1.29 is 19.4 Å². The molecule has 0 aliphatic carbocycles. The maximum atomic E-state index is 12.3. The molecule has 1 aromatic heterocycles. The van der Waals surface area contributed by atoms with Gasteiger partial charge in [0.05, 0.1) is 12.0 Å². The number of amides is 1. The molecule has 21 heavy (non-hydrogen) atoms. The van der Waals surface area contributed by atoms with Crippen LogP contribution in [0.3, 0.4) is 0 Å². The van der Waals surface area contributed by atoms with E-state index in [0.717, 1.165) is 0 Å². The van der Waals surface area contributed by atoms with Gasteiger partial charge in [-0.3, -0.25) is 9.78 Å². The predicted molar refractivity (Wildman–Crippen MR) is 75.7 cm³/mol. The van der Waals surface area contributed by atoms with Crippen LogP contribution in [-0.4, -0.2) is 39.2 Å². The van der Waals surface area contributed by atoms with Gasteiger partial charge in [0.25, 0.3) is 0 Å². The van der Waals surface area contributed by atoms with Crippen molar-refractivity contribution in [2.45, 2.75) is 38.8 Å². The first-order chi connectivity index (χ1) is 9.79. The highest BCUT2D eigenvalue weighted by Gasteiger charge is 2.43. The van der Waals surface area contributed by atoms with E-state index < -0.39 is 29.6 Å². The molecule has 0 bridgehead atoms. The standard InChI is InChI=1S/C15H20N2O4/c1-15(2,3)21-14(20)17-8-6-11(13(18)19)12(17)10-5-4-7-16-9-10/h4-5,7,9,11-12H,6,8H2,1-3H3,(H,18,19). The Hall–Kier alpha value is -2.11. The second-order valence-corrected chi connectivity index (χ2v) is 6.14. The first-order valence-corrected chi connectivity index (χ1v) is 6.92. The lowest BCUT2D eigenvalue weighted by atomic mass is 9.95. The number of carbonyl (C=O) groups is 2. The van der Waals surface area contributed by atoms with E-state index >= 15 is 0 Å². The van der Waals surface area contributed by atoms with Crippen LogP contribution in [0.2, 0.25) is 0 Å². The summed E-state index contributed by atoms with van der Waals surface area (Å²) in [6, 6.07) is 2.99. The molecule has 1 aliphatic rings. The van der Waals surface area contributed by atoms with E-state index in [4.69, 9.17) is 4.74 Å². The Morgan fingerprint density at radius 2 is 2.14 bits per heavy atom. The third-order valence-corrected chi connectivity index (χ3v) is 3.37. The number of aliphatic carboxylic acids is 1. The molecule has 1 amide bonds. The van der Waals surface area contributed by atoms with Crippen LogP contribution >= 0.6 is 0 Å². The molecule has 1 saturated heterocycles. The number of ether oxygens (including phenoxy) is 1. The van der Waals surface area contributed by atoms with Crippen LogP contribution in [0.1, 0.15) is 38.8 Å². The normalized spacial score (nSPS) is 22.1. The highest BCUT2D eigenvalue weighted by molar-refractivity contribution is 5.76. The molecule has 6 nitrogen and oxygen atoms in total. The van der Waals surface area contributed by atoms with Gasteiger partial charge in [-0.2, -0.15) is 0 Å². The highest BCUT2D eigenvalue weighted by atomic mass is 16.6. The number of likely N-dealkylation sites (tertiary alicyclic amines) is 1. The molecule has 6 heteroatoms. The van der Waals surface area contributed by atoms with E-state index in [-0.39, 0.29) is 0 Å². The molecule has 2 atom stereocenters. The Balaban J connectivity index is 2.28. The lowest BCUT2D eigenvalue weighted by molar-refractivity contribution is -0.142. The number of nitrogens with zero attached hydrogens (tertiary/aromatic N) is 2. The topological polar surface area (TPSA) is 79.7 Å². The van der Waals surface area contributed by atoms with Gasteiger partial charge in [-0.25, -0.2) is 4.79 Å². The van der Waals surface area contributed by atoms with Gasteiger partial charge in [-0.15, -0.1) is 0 Å². The summed E-state index contributed by atoms with van der Waals surface area (Å²) in [5, 5.41) is 9.38. The summed E-state index contributed by atoms with van der Waals surface area (Å²) in [7, 11) is 0. The first-order valence-electron chi connectivity index (χ1n) is 6.92. The number of hydrogen-bond donors (Lipinski definition) is 1. The zero-order valence-corrected chi connectivity index (χ0v) is 12.4. The SMILES string of the molecule is CC(C)(C)OC(=O)N1CCC(C(=O)O)C1c1cccnc1. The fourth-order valence-electron chi connectivity index (χ4n) is 2.54. The zero-order valence-electron chi connectivity index (χ0n) is 12.4. The minimum atomic E-state index is -0.907. The van der Waals surface area contributed by atoms with Gasteiger partial charge in [0, 0.05) is 18.9 Å². The molecule has 114 valence electrons. The number of aromatic nitrogens is 1. The predicted octanol–water partition coefficient (Wildman–Crippen LogP) is 2.46. The summed E-state index contributed by atoms with van der Waals surface area (Å²) >= 11 is 0. The molecule has 0 radical (unpaired) electrons. The number of pyridine rings is 1. The second kappa shape index (κ2) is 5.71. The van der Waals surface area contributed by atoms with Crippen molar-refractivity contribution in [3.63, 3.8) is 0 Å². The van der Waals surface area contributed by atoms with E-state index in [0.29, 0.717) is 18.5 Å². The molecule has 2 unspecified atom stereocenters. The lowest BCUT2D eigenvalue weighted by Crippen LogP contribution is -2.38. The summed E-state index contributed by atoms with van der Waals surface area (Å²) in [5.41, 5.74) is 0.103. The Morgan fingerprint density at radius 3 is 2.67 bits per heavy atom. The van der Waals surface area contributed by atoms with Gasteiger partial charge in [0.1, 0.15) is 5.60 Å². The van der Waals surface area contributed by atoms with E-state index in [1.54, 1.807) is 45.3 Å². The van der Waals surface area contributed by atoms with Crippen LogP contribution < -0.4 is 0 Å². The molecule has 2 heterocycles. The van der Waals surface area contributed by atoms with Crippen LogP contribution in [0.15, 0.2) is 24.5 Å². The van der Waals surface area contributed by atoms with Crippen molar-refractivity contribution >= 4 is 12.1 Å². The van der Waals surface area contributed by atoms with Crippen LogP contribution in [-0.2, 0) is 9.53 Å². The average molecular weight is 292 g/mol. The van der Waals surface area contributed by atoms with Gasteiger partial charge < -0.3 is 14.7 Å². The average Bonchev–Trinajstić information content (AvgIpc) is 2.82. The van der Waals surface area contributed by atoms with Crippen molar-refractivity contribution in [2.24, 2.45) is 5.92 Å². The number of rotatable bonds is 2. The van der Waals surface area contributed by atoms with Crippen LogP contribution in [0.25, 0.3) is 0 Å². The Bertz CT molecular complexity index is 524. The number of carbonyl (C=O) groups excluding carboxylic acids is 1. The summed E-state index contributed by atoms with van der Waals surface area (Å²) in [5.74, 6) is -1.54. The number of hydrogen-bond acceptors (Lipinski definition) is 4. The maximum absolute atomic E-state index is 12.3. The molecule has 2 rings (SSSR count). The minimum Gasteiger partial charge on any atom is -0.481 e. The quantitative estimate of drug-likeness (QED) is 0.905. The molecule has 0 saturated carbocycles. The largest absolute Gasteiger partial charge is 0.481 e. The lowest BCUT2D eigenvalue weighted by Gasteiger charge is -2.29. The second-order valence-electron chi connectivity index (χ2n) is 6.14. The third kappa shape index (κ3) is 3.51. The molecule has 1 fully saturated rings.